The minimum absolute atomic E-state index is 0.0428. The highest BCUT2D eigenvalue weighted by Gasteiger charge is 2.30. The fraction of sp³-hybridized carbons (Fsp3) is 0.308. The van der Waals surface area contributed by atoms with Crippen molar-refractivity contribution in [3.63, 3.8) is 0 Å². The number of aryl methyl sites for hydroxylation is 1. The van der Waals surface area contributed by atoms with Gasteiger partial charge in [-0.3, -0.25) is 4.79 Å². The summed E-state index contributed by atoms with van der Waals surface area (Å²) in [5.41, 5.74) is 4.75. The van der Waals surface area contributed by atoms with Crippen molar-refractivity contribution < 1.29 is 24.2 Å². The lowest BCUT2D eigenvalue weighted by Gasteiger charge is -2.19. The molecule has 182 valence electrons. The molecular formula is C26H27N3O5S. The molecule has 35 heavy (non-hydrogen) atoms. The number of aromatic carboxylic acids is 1. The van der Waals surface area contributed by atoms with E-state index < -0.39 is 24.0 Å². The zero-order valence-electron chi connectivity index (χ0n) is 19.5. The molecule has 8 nitrogen and oxygen atoms in total. The summed E-state index contributed by atoms with van der Waals surface area (Å²) in [7, 11) is 0. The van der Waals surface area contributed by atoms with Gasteiger partial charge in [0, 0.05) is 5.92 Å². The van der Waals surface area contributed by atoms with Crippen molar-refractivity contribution in [3.8, 4) is 11.1 Å². The molecule has 1 heterocycles. The highest BCUT2D eigenvalue weighted by molar-refractivity contribution is 7.11. The van der Waals surface area contributed by atoms with Crippen LogP contribution in [0, 0.1) is 6.92 Å². The van der Waals surface area contributed by atoms with Crippen LogP contribution in [-0.2, 0) is 9.53 Å². The van der Waals surface area contributed by atoms with Crippen LogP contribution >= 0.6 is 11.5 Å². The summed E-state index contributed by atoms with van der Waals surface area (Å²) in [6, 6.07) is 15.2. The number of hydrogen-bond donors (Lipinski definition) is 3. The van der Waals surface area contributed by atoms with Gasteiger partial charge in [0.25, 0.3) is 0 Å². The van der Waals surface area contributed by atoms with Gasteiger partial charge in [0.1, 0.15) is 23.2 Å². The molecule has 0 unspecified atom stereocenters. The molecule has 0 saturated heterocycles. The molecule has 1 aliphatic carbocycles. The standard InChI is InChI=1S/C26H27N3O5S/c1-3-4-13-21(23(30)28-24-22(25(31)32)15(2)29-35-24)27-26(33)34-14-20-18-11-7-5-9-16(18)17-10-6-8-12-19(17)20/h5-12,20-21H,3-4,13-14H2,1-2H3,(H,27,33)(H,28,30)(H,31,32)/t21-/m0/s1. The van der Waals surface area contributed by atoms with E-state index in [2.05, 4.69) is 27.1 Å². The molecule has 0 radical (unpaired) electrons. The Labute approximate surface area is 207 Å². The summed E-state index contributed by atoms with van der Waals surface area (Å²) in [6.07, 6.45) is 1.24. The molecule has 0 saturated carbocycles. The number of nitrogens with zero attached hydrogens (tertiary/aromatic N) is 1. The second-order valence-electron chi connectivity index (χ2n) is 8.43. The predicted molar refractivity (Wildman–Crippen MR) is 134 cm³/mol. The number of fused-ring (bicyclic) bond motifs is 3. The number of unbranched alkanes of at least 4 members (excludes halogenated alkanes) is 1. The maximum Gasteiger partial charge on any atom is 0.407 e. The summed E-state index contributed by atoms with van der Waals surface area (Å²) in [5.74, 6) is -1.76. The van der Waals surface area contributed by atoms with Crippen molar-refractivity contribution >= 4 is 34.5 Å². The minimum atomic E-state index is -1.17. The first-order valence-corrected chi connectivity index (χ1v) is 12.3. The van der Waals surface area contributed by atoms with E-state index >= 15 is 0 Å². The molecule has 4 rings (SSSR count). The third-order valence-electron chi connectivity index (χ3n) is 6.11. The van der Waals surface area contributed by atoms with Gasteiger partial charge in [-0.1, -0.05) is 68.3 Å². The van der Waals surface area contributed by atoms with Crippen LogP contribution in [0.15, 0.2) is 48.5 Å². The van der Waals surface area contributed by atoms with Gasteiger partial charge in [-0.2, -0.15) is 4.37 Å². The van der Waals surface area contributed by atoms with Crippen LogP contribution < -0.4 is 10.6 Å². The van der Waals surface area contributed by atoms with Crippen LogP contribution in [0.3, 0.4) is 0 Å². The van der Waals surface area contributed by atoms with Crippen molar-refractivity contribution in [2.24, 2.45) is 0 Å². The van der Waals surface area contributed by atoms with Crippen LogP contribution in [0.1, 0.15) is 59.3 Å². The van der Waals surface area contributed by atoms with Crippen molar-refractivity contribution in [1.29, 1.82) is 0 Å². The van der Waals surface area contributed by atoms with Gasteiger partial charge >= 0.3 is 12.1 Å². The summed E-state index contributed by atoms with van der Waals surface area (Å²) >= 11 is 0.900. The first-order valence-electron chi connectivity index (χ1n) is 11.5. The second kappa shape index (κ2) is 10.7. The van der Waals surface area contributed by atoms with Gasteiger partial charge in [-0.15, -0.1) is 0 Å². The Hall–Kier alpha value is -3.72. The molecule has 1 atom stereocenters. The van der Waals surface area contributed by atoms with Crippen LogP contribution in [0.25, 0.3) is 11.1 Å². The second-order valence-corrected chi connectivity index (χ2v) is 9.20. The molecule has 0 bridgehead atoms. The molecular weight excluding hydrogens is 466 g/mol. The number of alkyl carbamates (subject to hydrolysis) is 1. The van der Waals surface area contributed by atoms with E-state index in [9.17, 15) is 19.5 Å². The monoisotopic (exact) mass is 493 g/mol. The van der Waals surface area contributed by atoms with Gasteiger partial charge < -0.3 is 20.5 Å². The number of ether oxygens (including phenoxy) is 1. The number of carbonyl (C=O) groups excluding carboxylic acids is 2. The maximum atomic E-state index is 12.9. The Balaban J connectivity index is 1.43. The number of rotatable bonds is 9. The number of aromatic nitrogens is 1. The number of amides is 2. The number of nitrogens with one attached hydrogen (secondary N) is 2. The summed E-state index contributed by atoms with van der Waals surface area (Å²) in [4.78, 5) is 37.2. The molecule has 3 N–H and O–H groups in total. The topological polar surface area (TPSA) is 118 Å². The summed E-state index contributed by atoms with van der Waals surface area (Å²) in [5, 5.41) is 14.8. The molecule has 1 aliphatic rings. The number of carbonyl (C=O) groups is 3. The molecule has 0 aliphatic heterocycles. The predicted octanol–water partition coefficient (Wildman–Crippen LogP) is 5.19. The lowest BCUT2D eigenvalue weighted by Crippen LogP contribution is -2.44. The third kappa shape index (κ3) is 5.19. The largest absolute Gasteiger partial charge is 0.478 e. The Morgan fingerprint density at radius 2 is 1.71 bits per heavy atom. The van der Waals surface area contributed by atoms with Crippen molar-refractivity contribution in [3.05, 3.63) is 70.9 Å². The van der Waals surface area contributed by atoms with Crippen LogP contribution in [0.4, 0.5) is 9.80 Å². The smallest absolute Gasteiger partial charge is 0.407 e. The quantitative estimate of drug-likeness (QED) is 0.378. The van der Waals surface area contributed by atoms with Crippen molar-refractivity contribution in [1.82, 2.24) is 9.69 Å². The number of anilines is 1. The fourth-order valence-corrected chi connectivity index (χ4v) is 5.16. The van der Waals surface area contributed by atoms with Crippen LogP contribution in [0.5, 0.6) is 0 Å². The van der Waals surface area contributed by atoms with E-state index in [4.69, 9.17) is 4.74 Å². The van der Waals surface area contributed by atoms with E-state index in [0.29, 0.717) is 18.5 Å². The molecule has 2 aromatic carbocycles. The Morgan fingerprint density at radius 3 is 2.31 bits per heavy atom. The van der Waals surface area contributed by atoms with Crippen molar-refractivity contribution in [2.45, 2.75) is 45.1 Å². The summed E-state index contributed by atoms with van der Waals surface area (Å²) in [6.45, 7) is 3.69. The average molecular weight is 494 g/mol. The maximum absolute atomic E-state index is 12.9. The molecule has 9 heteroatoms. The average Bonchev–Trinajstić information content (AvgIpc) is 3.37. The van der Waals surface area contributed by atoms with Gasteiger partial charge in [0.15, 0.2) is 0 Å². The molecule has 0 fully saturated rings. The lowest BCUT2D eigenvalue weighted by molar-refractivity contribution is -0.118. The van der Waals surface area contributed by atoms with E-state index in [1.54, 1.807) is 6.92 Å². The summed E-state index contributed by atoms with van der Waals surface area (Å²) < 4.78 is 9.60. The van der Waals surface area contributed by atoms with E-state index in [0.717, 1.165) is 40.2 Å². The Kier molecular flexibility index (Phi) is 7.45. The SMILES string of the molecule is CCCC[C@H](NC(=O)OCC1c2ccccc2-c2ccccc21)C(=O)Nc1snc(C)c1C(=O)O. The number of carboxylic acid groups (broad SMARTS) is 1. The zero-order chi connectivity index (χ0) is 24.9. The molecule has 2 amide bonds. The van der Waals surface area contributed by atoms with E-state index in [-0.39, 0.29) is 23.1 Å². The van der Waals surface area contributed by atoms with Gasteiger partial charge in [0.05, 0.1) is 5.69 Å². The van der Waals surface area contributed by atoms with E-state index in [1.807, 2.05) is 43.3 Å². The zero-order valence-corrected chi connectivity index (χ0v) is 20.4. The fourth-order valence-electron chi connectivity index (χ4n) is 4.37. The van der Waals surface area contributed by atoms with Gasteiger partial charge in [-0.05, 0) is 47.1 Å². The van der Waals surface area contributed by atoms with E-state index in [1.165, 1.54) is 0 Å². The first-order chi connectivity index (χ1) is 16.9. The molecule has 0 spiro atoms. The third-order valence-corrected chi connectivity index (χ3v) is 6.97. The van der Waals surface area contributed by atoms with Gasteiger partial charge in [0.2, 0.25) is 5.91 Å². The van der Waals surface area contributed by atoms with Crippen molar-refractivity contribution in [2.75, 3.05) is 11.9 Å². The minimum Gasteiger partial charge on any atom is -0.478 e. The van der Waals surface area contributed by atoms with Gasteiger partial charge in [-0.25, -0.2) is 9.59 Å². The highest BCUT2D eigenvalue weighted by atomic mass is 32.1. The molecule has 1 aromatic heterocycles. The Morgan fingerprint density at radius 1 is 1.09 bits per heavy atom. The normalized spacial score (nSPS) is 13.0. The number of benzene rings is 2. The molecule has 3 aromatic rings. The number of hydrogen-bond acceptors (Lipinski definition) is 6. The highest BCUT2D eigenvalue weighted by Crippen LogP contribution is 2.44. The van der Waals surface area contributed by atoms with Crippen LogP contribution in [0.2, 0.25) is 0 Å². The lowest BCUT2D eigenvalue weighted by atomic mass is 9.98. The Bertz CT molecular complexity index is 1210. The van der Waals surface area contributed by atoms with Crippen LogP contribution in [-0.4, -0.2) is 40.1 Å². The number of carboxylic acids is 1. The first kappa shape index (κ1) is 24.4.